The molecule has 0 bridgehead atoms. The fraction of sp³-hybridized carbons (Fsp3) is 0.286. The van der Waals surface area contributed by atoms with Crippen LogP contribution in [0, 0.1) is 5.92 Å². The Hall–Kier alpha value is -2.70. The lowest BCUT2D eigenvalue weighted by Crippen LogP contribution is -2.47. The van der Waals surface area contributed by atoms with E-state index in [1.54, 1.807) is 30.6 Å². The SMILES string of the molecule is CC(C)C(NC(=O)c1ccc2nccnc2c1)C(N)=NO. The van der Waals surface area contributed by atoms with Crippen molar-refractivity contribution >= 4 is 22.8 Å². The molecule has 0 aliphatic heterocycles. The number of carbonyl (C=O) groups is 1. The molecule has 1 amide bonds. The maximum Gasteiger partial charge on any atom is 0.251 e. The fourth-order valence-electron chi connectivity index (χ4n) is 1.97. The number of benzene rings is 1. The van der Waals surface area contributed by atoms with Gasteiger partial charge in [0.05, 0.1) is 17.1 Å². The van der Waals surface area contributed by atoms with Crippen molar-refractivity contribution in [1.82, 2.24) is 15.3 Å². The van der Waals surface area contributed by atoms with Crippen LogP contribution < -0.4 is 11.1 Å². The minimum Gasteiger partial charge on any atom is -0.409 e. The minimum atomic E-state index is -0.542. The van der Waals surface area contributed by atoms with Gasteiger partial charge in [0.2, 0.25) is 0 Å². The Bertz CT molecular complexity index is 684. The van der Waals surface area contributed by atoms with E-state index in [0.29, 0.717) is 16.6 Å². The molecule has 0 aliphatic carbocycles. The molecule has 0 radical (unpaired) electrons. The normalized spacial score (nSPS) is 13.4. The van der Waals surface area contributed by atoms with Crippen molar-refractivity contribution in [3.63, 3.8) is 0 Å². The number of hydrogen-bond acceptors (Lipinski definition) is 5. The van der Waals surface area contributed by atoms with Gasteiger partial charge in [0.25, 0.3) is 5.91 Å². The lowest BCUT2D eigenvalue weighted by molar-refractivity contribution is 0.0939. The van der Waals surface area contributed by atoms with Gasteiger partial charge >= 0.3 is 0 Å². The van der Waals surface area contributed by atoms with E-state index in [0.717, 1.165) is 0 Å². The summed E-state index contributed by atoms with van der Waals surface area (Å²) < 4.78 is 0. The molecule has 1 atom stereocenters. The van der Waals surface area contributed by atoms with Gasteiger partial charge in [-0.25, -0.2) is 0 Å². The summed E-state index contributed by atoms with van der Waals surface area (Å²) in [6.07, 6.45) is 3.16. The number of nitrogens with one attached hydrogen (secondary N) is 1. The first-order valence-corrected chi connectivity index (χ1v) is 6.52. The van der Waals surface area contributed by atoms with Crippen LogP contribution in [0.25, 0.3) is 11.0 Å². The zero-order chi connectivity index (χ0) is 15.4. The number of fused-ring (bicyclic) bond motifs is 1. The number of carbonyl (C=O) groups excluding carboxylic acids is 1. The van der Waals surface area contributed by atoms with E-state index in [1.165, 1.54) is 0 Å². The predicted molar refractivity (Wildman–Crippen MR) is 79.0 cm³/mol. The number of nitrogens with zero attached hydrogens (tertiary/aromatic N) is 3. The Labute approximate surface area is 121 Å². The Balaban J connectivity index is 2.25. The maximum absolute atomic E-state index is 12.3. The number of amidine groups is 1. The van der Waals surface area contributed by atoms with Crippen molar-refractivity contribution in [3.8, 4) is 0 Å². The molecular formula is C14H17N5O2. The molecule has 4 N–H and O–H groups in total. The topological polar surface area (TPSA) is 113 Å². The van der Waals surface area contributed by atoms with Crippen molar-refractivity contribution in [2.45, 2.75) is 19.9 Å². The van der Waals surface area contributed by atoms with Gasteiger partial charge in [-0.2, -0.15) is 0 Å². The van der Waals surface area contributed by atoms with E-state index in [1.807, 2.05) is 13.8 Å². The van der Waals surface area contributed by atoms with E-state index in [-0.39, 0.29) is 17.7 Å². The molecule has 1 heterocycles. The third kappa shape index (κ3) is 3.25. The Morgan fingerprint density at radius 2 is 1.95 bits per heavy atom. The number of nitrogens with two attached hydrogens (primary N) is 1. The molecule has 0 saturated carbocycles. The van der Waals surface area contributed by atoms with Crippen LogP contribution in [-0.4, -0.2) is 33.0 Å². The monoisotopic (exact) mass is 287 g/mol. The zero-order valence-electron chi connectivity index (χ0n) is 11.8. The highest BCUT2D eigenvalue weighted by molar-refractivity contribution is 6.00. The number of hydrogen-bond donors (Lipinski definition) is 3. The smallest absolute Gasteiger partial charge is 0.251 e. The summed E-state index contributed by atoms with van der Waals surface area (Å²) in [4.78, 5) is 20.6. The second-order valence-electron chi connectivity index (χ2n) is 4.98. The summed E-state index contributed by atoms with van der Waals surface area (Å²) >= 11 is 0. The van der Waals surface area contributed by atoms with Crippen molar-refractivity contribution in [2.75, 3.05) is 0 Å². The Kier molecular flexibility index (Phi) is 4.32. The van der Waals surface area contributed by atoms with Crippen LogP contribution in [0.4, 0.5) is 0 Å². The zero-order valence-corrected chi connectivity index (χ0v) is 11.8. The van der Waals surface area contributed by atoms with E-state index >= 15 is 0 Å². The van der Waals surface area contributed by atoms with Gasteiger partial charge in [-0.05, 0) is 24.1 Å². The molecule has 0 aliphatic rings. The van der Waals surface area contributed by atoms with Gasteiger partial charge in [-0.1, -0.05) is 19.0 Å². The number of oxime groups is 1. The van der Waals surface area contributed by atoms with Crippen LogP contribution in [0.1, 0.15) is 24.2 Å². The van der Waals surface area contributed by atoms with Gasteiger partial charge in [0, 0.05) is 18.0 Å². The van der Waals surface area contributed by atoms with Gasteiger partial charge in [-0.15, -0.1) is 0 Å². The molecule has 1 aromatic heterocycles. The van der Waals surface area contributed by atoms with Crippen molar-refractivity contribution in [2.24, 2.45) is 16.8 Å². The highest BCUT2D eigenvalue weighted by Crippen LogP contribution is 2.12. The van der Waals surface area contributed by atoms with Gasteiger partial charge < -0.3 is 16.3 Å². The summed E-state index contributed by atoms with van der Waals surface area (Å²) in [5.41, 5.74) is 7.39. The molecule has 0 spiro atoms. The Morgan fingerprint density at radius 3 is 2.57 bits per heavy atom. The highest BCUT2D eigenvalue weighted by Gasteiger charge is 2.21. The van der Waals surface area contributed by atoms with Crippen LogP contribution >= 0.6 is 0 Å². The fourth-order valence-corrected chi connectivity index (χ4v) is 1.97. The van der Waals surface area contributed by atoms with E-state index < -0.39 is 6.04 Å². The van der Waals surface area contributed by atoms with Gasteiger partial charge in [-0.3, -0.25) is 14.8 Å². The Morgan fingerprint density at radius 1 is 1.29 bits per heavy atom. The van der Waals surface area contributed by atoms with Crippen molar-refractivity contribution < 1.29 is 10.0 Å². The lowest BCUT2D eigenvalue weighted by Gasteiger charge is -2.20. The average molecular weight is 287 g/mol. The highest BCUT2D eigenvalue weighted by atomic mass is 16.4. The summed E-state index contributed by atoms with van der Waals surface area (Å²) in [6.45, 7) is 3.74. The molecule has 110 valence electrons. The molecule has 2 aromatic rings. The van der Waals surface area contributed by atoms with Gasteiger partial charge in [0.1, 0.15) is 0 Å². The molecule has 2 rings (SSSR count). The number of amides is 1. The van der Waals surface area contributed by atoms with E-state index in [2.05, 4.69) is 20.4 Å². The standard InChI is InChI=1S/C14H17N5O2/c1-8(2)12(13(15)19-21)18-14(20)9-3-4-10-11(7-9)17-6-5-16-10/h3-8,12,21H,1-2H3,(H2,15,19)(H,18,20). The molecular weight excluding hydrogens is 270 g/mol. The second-order valence-corrected chi connectivity index (χ2v) is 4.98. The third-order valence-electron chi connectivity index (χ3n) is 3.12. The van der Waals surface area contributed by atoms with Crippen molar-refractivity contribution in [1.29, 1.82) is 0 Å². The maximum atomic E-state index is 12.3. The first-order chi connectivity index (χ1) is 10.0. The largest absolute Gasteiger partial charge is 0.409 e. The molecule has 1 unspecified atom stereocenters. The summed E-state index contributed by atoms with van der Waals surface area (Å²) in [6, 6.07) is 4.50. The summed E-state index contributed by atoms with van der Waals surface area (Å²) in [5, 5.41) is 14.5. The van der Waals surface area contributed by atoms with Crippen LogP contribution in [-0.2, 0) is 0 Å². The number of rotatable bonds is 4. The summed E-state index contributed by atoms with van der Waals surface area (Å²) in [7, 11) is 0. The van der Waals surface area contributed by atoms with E-state index in [9.17, 15) is 4.79 Å². The minimum absolute atomic E-state index is 0.00917. The predicted octanol–water partition coefficient (Wildman–Crippen LogP) is 1.13. The van der Waals surface area contributed by atoms with Gasteiger partial charge in [0.15, 0.2) is 5.84 Å². The van der Waals surface area contributed by atoms with E-state index in [4.69, 9.17) is 10.9 Å². The average Bonchev–Trinajstić information content (AvgIpc) is 2.50. The summed E-state index contributed by atoms with van der Waals surface area (Å²) in [5.74, 6) is -0.350. The van der Waals surface area contributed by atoms with Crippen LogP contribution in [0.2, 0.25) is 0 Å². The molecule has 0 fully saturated rings. The first-order valence-electron chi connectivity index (χ1n) is 6.52. The van der Waals surface area contributed by atoms with Crippen LogP contribution in [0.15, 0.2) is 35.7 Å². The first kappa shape index (κ1) is 14.7. The number of aromatic nitrogens is 2. The molecule has 7 nitrogen and oxygen atoms in total. The van der Waals surface area contributed by atoms with Crippen LogP contribution in [0.5, 0.6) is 0 Å². The van der Waals surface area contributed by atoms with Crippen molar-refractivity contribution in [3.05, 3.63) is 36.2 Å². The third-order valence-corrected chi connectivity index (χ3v) is 3.12. The molecule has 21 heavy (non-hydrogen) atoms. The molecule has 1 aromatic carbocycles. The molecule has 0 saturated heterocycles. The lowest BCUT2D eigenvalue weighted by atomic mass is 10.0. The quantitative estimate of drug-likeness (QED) is 0.337. The molecule has 7 heteroatoms. The van der Waals surface area contributed by atoms with Crippen LogP contribution in [0.3, 0.4) is 0 Å². The second kappa shape index (κ2) is 6.17.